The van der Waals surface area contributed by atoms with Gasteiger partial charge >= 0.3 is 0 Å². The van der Waals surface area contributed by atoms with Gasteiger partial charge in [-0.1, -0.05) is 18.1 Å². The summed E-state index contributed by atoms with van der Waals surface area (Å²) < 4.78 is 8.19. The van der Waals surface area contributed by atoms with E-state index in [1.807, 2.05) is 42.5 Å². The SMILES string of the molecule is C=CC(C)(C)OC/C=C/C#CI. The molecule has 0 aliphatic heterocycles. The van der Waals surface area contributed by atoms with Crippen molar-refractivity contribution in [1.29, 1.82) is 0 Å². The van der Waals surface area contributed by atoms with Crippen LogP contribution in [0.2, 0.25) is 0 Å². The Bertz CT molecular complexity index is 218. The van der Waals surface area contributed by atoms with Crippen molar-refractivity contribution in [3.8, 4) is 9.85 Å². The molecule has 66 valence electrons. The lowest BCUT2D eigenvalue weighted by Gasteiger charge is -2.19. The molecule has 12 heavy (non-hydrogen) atoms. The van der Waals surface area contributed by atoms with Crippen LogP contribution in [-0.4, -0.2) is 12.2 Å². The highest BCUT2D eigenvalue weighted by Gasteiger charge is 2.10. The van der Waals surface area contributed by atoms with E-state index in [-0.39, 0.29) is 5.60 Å². The van der Waals surface area contributed by atoms with Crippen molar-refractivity contribution in [2.24, 2.45) is 0 Å². The zero-order valence-electron chi connectivity index (χ0n) is 7.43. The minimum absolute atomic E-state index is 0.248. The van der Waals surface area contributed by atoms with Crippen LogP contribution in [0.25, 0.3) is 0 Å². The fraction of sp³-hybridized carbons (Fsp3) is 0.400. The predicted octanol–water partition coefficient (Wildman–Crippen LogP) is 2.92. The van der Waals surface area contributed by atoms with Crippen molar-refractivity contribution in [1.82, 2.24) is 0 Å². The Hall–Kier alpha value is -0.270. The summed E-state index contributed by atoms with van der Waals surface area (Å²) in [5.74, 6) is 2.80. The van der Waals surface area contributed by atoms with E-state index in [2.05, 4.69) is 16.4 Å². The van der Waals surface area contributed by atoms with E-state index in [4.69, 9.17) is 4.74 Å². The molecule has 2 heteroatoms. The molecule has 0 unspecified atom stereocenters. The number of hydrogen-bond acceptors (Lipinski definition) is 1. The molecule has 0 saturated heterocycles. The van der Waals surface area contributed by atoms with Crippen molar-refractivity contribution in [3.63, 3.8) is 0 Å². The maximum atomic E-state index is 5.45. The average Bonchev–Trinajstić information content (AvgIpc) is 2.04. The number of halogens is 1. The third-order valence-electron chi connectivity index (χ3n) is 1.30. The van der Waals surface area contributed by atoms with Crippen molar-refractivity contribution in [3.05, 3.63) is 24.8 Å². The number of allylic oxidation sites excluding steroid dienone is 1. The first-order chi connectivity index (χ1) is 5.62. The van der Waals surface area contributed by atoms with Crippen LogP contribution < -0.4 is 0 Å². The van der Waals surface area contributed by atoms with Crippen LogP contribution in [0.5, 0.6) is 0 Å². The largest absolute Gasteiger partial charge is 0.367 e. The normalized spacial score (nSPS) is 10.9. The molecule has 0 radical (unpaired) electrons. The number of hydrogen-bond donors (Lipinski definition) is 0. The Balaban J connectivity index is 3.67. The van der Waals surface area contributed by atoms with Gasteiger partial charge in [-0.2, -0.15) is 0 Å². The second kappa shape index (κ2) is 6.27. The molecule has 1 nitrogen and oxygen atoms in total. The highest BCUT2D eigenvalue weighted by atomic mass is 127. The lowest BCUT2D eigenvalue weighted by atomic mass is 10.1. The van der Waals surface area contributed by atoms with Gasteiger partial charge in [-0.05, 0) is 23.9 Å². The van der Waals surface area contributed by atoms with Gasteiger partial charge in [-0.15, -0.1) is 6.58 Å². The van der Waals surface area contributed by atoms with E-state index in [1.165, 1.54) is 0 Å². The molecular weight excluding hydrogens is 263 g/mol. The first-order valence-electron chi connectivity index (χ1n) is 3.66. The van der Waals surface area contributed by atoms with Crippen LogP contribution in [0.15, 0.2) is 24.8 Å². The van der Waals surface area contributed by atoms with Crippen molar-refractivity contribution < 1.29 is 4.74 Å². The van der Waals surface area contributed by atoms with E-state index in [0.29, 0.717) is 6.61 Å². The summed E-state index contributed by atoms with van der Waals surface area (Å²) in [5.41, 5.74) is -0.248. The Morgan fingerprint density at radius 1 is 1.58 bits per heavy atom. The standard InChI is InChI=1S/C10H13IO/c1-4-10(2,3)12-9-7-5-6-8-11/h4-5,7H,1,9H2,2-3H3/b7-5+. The molecule has 0 heterocycles. The monoisotopic (exact) mass is 276 g/mol. The number of rotatable bonds is 4. The van der Waals surface area contributed by atoms with Crippen molar-refractivity contribution in [2.45, 2.75) is 19.4 Å². The maximum absolute atomic E-state index is 5.45. The number of ether oxygens (including phenoxy) is 1. The molecule has 0 fully saturated rings. The highest BCUT2D eigenvalue weighted by Crippen LogP contribution is 2.08. The minimum Gasteiger partial charge on any atom is -0.367 e. The van der Waals surface area contributed by atoms with E-state index in [1.54, 1.807) is 12.2 Å². The van der Waals surface area contributed by atoms with Crippen LogP contribution in [-0.2, 0) is 4.74 Å². The van der Waals surface area contributed by atoms with E-state index < -0.39 is 0 Å². The molecule has 0 aromatic carbocycles. The molecule has 0 aromatic heterocycles. The quantitative estimate of drug-likeness (QED) is 0.436. The molecule has 0 aromatic rings. The first-order valence-corrected chi connectivity index (χ1v) is 4.74. The van der Waals surface area contributed by atoms with Crippen LogP contribution in [0.4, 0.5) is 0 Å². The fourth-order valence-corrected chi connectivity index (χ4v) is 0.640. The van der Waals surface area contributed by atoms with Gasteiger partial charge in [0.25, 0.3) is 0 Å². The van der Waals surface area contributed by atoms with Gasteiger partial charge in [0, 0.05) is 22.6 Å². The molecule has 0 saturated carbocycles. The summed E-state index contributed by atoms with van der Waals surface area (Å²) in [7, 11) is 0. The van der Waals surface area contributed by atoms with Crippen molar-refractivity contribution in [2.75, 3.05) is 6.61 Å². The second-order valence-electron chi connectivity index (χ2n) is 2.76. The Labute approximate surface area is 88.0 Å². The van der Waals surface area contributed by atoms with E-state index >= 15 is 0 Å². The van der Waals surface area contributed by atoms with Crippen LogP contribution >= 0.6 is 22.6 Å². The summed E-state index contributed by atoms with van der Waals surface area (Å²) in [6, 6.07) is 0. The molecule has 0 amide bonds. The molecule has 0 aliphatic rings. The van der Waals surface area contributed by atoms with Gasteiger partial charge in [0.1, 0.15) is 0 Å². The molecule has 0 atom stereocenters. The summed E-state index contributed by atoms with van der Waals surface area (Å²) in [6.07, 6.45) is 5.45. The summed E-state index contributed by atoms with van der Waals surface area (Å²) in [5, 5.41) is 0. The highest BCUT2D eigenvalue weighted by molar-refractivity contribution is 14.1. The summed E-state index contributed by atoms with van der Waals surface area (Å²) >= 11 is 1.99. The van der Waals surface area contributed by atoms with Crippen LogP contribution in [0.1, 0.15) is 13.8 Å². The molecular formula is C10H13IO. The van der Waals surface area contributed by atoms with Gasteiger partial charge < -0.3 is 4.74 Å². The summed E-state index contributed by atoms with van der Waals surface area (Å²) in [4.78, 5) is 0. The zero-order valence-corrected chi connectivity index (χ0v) is 9.59. The first kappa shape index (κ1) is 11.7. The molecule has 0 bridgehead atoms. The molecule has 0 aliphatic carbocycles. The van der Waals surface area contributed by atoms with E-state index in [9.17, 15) is 0 Å². The topological polar surface area (TPSA) is 9.23 Å². The van der Waals surface area contributed by atoms with E-state index in [0.717, 1.165) is 0 Å². The third kappa shape index (κ3) is 6.44. The second-order valence-corrected chi connectivity index (χ2v) is 3.30. The lowest BCUT2D eigenvalue weighted by Crippen LogP contribution is -2.20. The minimum atomic E-state index is -0.248. The third-order valence-corrected chi connectivity index (χ3v) is 1.61. The Morgan fingerprint density at radius 3 is 2.75 bits per heavy atom. The lowest BCUT2D eigenvalue weighted by molar-refractivity contribution is 0.0393. The zero-order chi connectivity index (χ0) is 9.45. The smallest absolute Gasteiger partial charge is 0.0808 e. The van der Waals surface area contributed by atoms with Crippen LogP contribution in [0, 0.1) is 9.85 Å². The van der Waals surface area contributed by atoms with Crippen LogP contribution in [0.3, 0.4) is 0 Å². The molecule has 0 rings (SSSR count). The fourth-order valence-electron chi connectivity index (χ4n) is 0.460. The maximum Gasteiger partial charge on any atom is 0.0808 e. The Kier molecular flexibility index (Phi) is 6.13. The average molecular weight is 276 g/mol. The van der Waals surface area contributed by atoms with Gasteiger partial charge in [-0.25, -0.2) is 0 Å². The van der Waals surface area contributed by atoms with Gasteiger partial charge in [0.15, 0.2) is 0 Å². The van der Waals surface area contributed by atoms with Crippen molar-refractivity contribution >= 4 is 22.6 Å². The Morgan fingerprint density at radius 2 is 2.25 bits per heavy atom. The van der Waals surface area contributed by atoms with Gasteiger partial charge in [0.2, 0.25) is 0 Å². The predicted molar refractivity (Wildman–Crippen MR) is 61.2 cm³/mol. The molecule has 0 spiro atoms. The van der Waals surface area contributed by atoms with Gasteiger partial charge in [0.05, 0.1) is 12.2 Å². The summed E-state index contributed by atoms with van der Waals surface area (Å²) in [6.45, 7) is 8.18. The molecule has 0 N–H and O–H groups in total. The van der Waals surface area contributed by atoms with Gasteiger partial charge in [-0.3, -0.25) is 0 Å².